The van der Waals surface area contributed by atoms with Crippen molar-refractivity contribution < 1.29 is 0 Å². The Bertz CT molecular complexity index is 57.6. The third-order valence-electron chi connectivity index (χ3n) is 0.689. The van der Waals surface area contributed by atoms with Crippen molar-refractivity contribution in [3.63, 3.8) is 0 Å². The van der Waals surface area contributed by atoms with Crippen LogP contribution in [-0.2, 0) is 0 Å². The van der Waals surface area contributed by atoms with Crippen LogP contribution in [0, 0.1) is 0 Å². The molecule has 0 aromatic carbocycles. The number of halogens is 1. The third kappa shape index (κ3) is 2.48. The van der Waals surface area contributed by atoms with Gasteiger partial charge in [-0.25, -0.2) is 0 Å². The van der Waals surface area contributed by atoms with E-state index in [1.165, 1.54) is 5.20 Å². The molecule has 0 nitrogen and oxygen atoms in total. The second kappa shape index (κ2) is 2.43. The summed E-state index contributed by atoms with van der Waals surface area (Å²) in [5, 5.41) is 2.29. The van der Waals surface area contributed by atoms with Crippen LogP contribution in [0.4, 0.5) is 0 Å². The molecule has 0 atom stereocenters. The molecular formula is C4H9ClSi. The quantitative estimate of drug-likeness (QED) is 0.416. The van der Waals surface area contributed by atoms with Crippen LogP contribution in [-0.4, -0.2) is 10.2 Å². The predicted molar refractivity (Wildman–Crippen MR) is 34.2 cm³/mol. The van der Waals surface area contributed by atoms with Crippen LogP contribution >= 0.6 is 11.6 Å². The summed E-state index contributed by atoms with van der Waals surface area (Å²) in [6, 6.07) is 0. The van der Waals surface area contributed by atoms with Gasteiger partial charge >= 0.3 is 0 Å². The minimum absolute atomic E-state index is 0.960. The number of rotatable bonds is 0. The van der Waals surface area contributed by atoms with Gasteiger partial charge in [-0.3, -0.25) is 0 Å². The van der Waals surface area contributed by atoms with Gasteiger partial charge in [0.05, 0.1) is 0 Å². The minimum Gasteiger partial charge on any atom is -0.0900 e. The highest BCUT2D eigenvalue weighted by Gasteiger charge is 1.78. The number of hydrogen-bond acceptors (Lipinski definition) is 0. The largest absolute Gasteiger partial charge is 0.0900 e. The zero-order valence-electron chi connectivity index (χ0n) is 4.38. The molecule has 0 rings (SSSR count). The maximum atomic E-state index is 5.53. The summed E-state index contributed by atoms with van der Waals surface area (Å²) in [6.45, 7) is 3.97. The molecule has 0 heterocycles. The zero-order chi connectivity index (χ0) is 5.15. The number of allylic oxidation sites excluding steroid dienone is 2. The lowest BCUT2D eigenvalue weighted by atomic mass is 10.6. The van der Waals surface area contributed by atoms with E-state index in [2.05, 4.69) is 6.92 Å². The first-order valence-electron chi connectivity index (χ1n) is 1.94. The molecule has 0 aromatic heterocycles. The molecule has 0 aliphatic rings. The zero-order valence-corrected chi connectivity index (χ0v) is 7.13. The van der Waals surface area contributed by atoms with Crippen LogP contribution in [0.25, 0.3) is 0 Å². The van der Waals surface area contributed by atoms with E-state index in [1.54, 1.807) is 0 Å². The molecule has 0 aliphatic carbocycles. The molecule has 6 heavy (non-hydrogen) atoms. The Morgan fingerprint density at radius 3 is 1.67 bits per heavy atom. The predicted octanol–water partition coefficient (Wildman–Crippen LogP) is 0.842. The van der Waals surface area contributed by atoms with Crippen LogP contribution in [0.1, 0.15) is 13.8 Å². The fraction of sp³-hybridized carbons (Fsp3) is 0.500. The highest BCUT2D eigenvalue weighted by molar-refractivity contribution is 6.35. The van der Waals surface area contributed by atoms with Crippen LogP contribution in [0.3, 0.4) is 0 Å². The summed E-state index contributed by atoms with van der Waals surface area (Å²) in [4.78, 5) is 0. The maximum absolute atomic E-state index is 5.53. The monoisotopic (exact) mass is 120 g/mol. The van der Waals surface area contributed by atoms with Crippen molar-refractivity contribution in [1.29, 1.82) is 0 Å². The summed E-state index contributed by atoms with van der Waals surface area (Å²) in [5.41, 5.74) is 0. The van der Waals surface area contributed by atoms with Crippen molar-refractivity contribution in [1.82, 2.24) is 0 Å². The van der Waals surface area contributed by atoms with Crippen LogP contribution < -0.4 is 0 Å². The lowest BCUT2D eigenvalue weighted by Gasteiger charge is -1.85. The molecule has 0 fully saturated rings. The summed E-state index contributed by atoms with van der Waals surface area (Å²) in [6.07, 6.45) is 0. The van der Waals surface area contributed by atoms with Gasteiger partial charge in [0, 0.05) is 15.3 Å². The van der Waals surface area contributed by atoms with Crippen molar-refractivity contribution in [3.8, 4) is 0 Å². The average Bonchev–Trinajstić information content (AvgIpc) is 1.36. The van der Waals surface area contributed by atoms with E-state index in [0.29, 0.717) is 0 Å². The second-order valence-corrected chi connectivity index (χ2v) is 3.60. The molecule has 0 spiro atoms. The molecule has 0 N–H and O–H groups in total. The standard InChI is InChI=1S/C4H9ClSi/c1-3(5)4(2)6/h1-2,6H3. The lowest BCUT2D eigenvalue weighted by Crippen LogP contribution is -1.70. The normalized spacial score (nSPS) is 14.5. The summed E-state index contributed by atoms with van der Waals surface area (Å²) in [5.74, 6) is 0. The van der Waals surface area contributed by atoms with E-state index in [0.717, 1.165) is 15.3 Å². The highest BCUT2D eigenvalue weighted by atomic mass is 35.5. The van der Waals surface area contributed by atoms with E-state index >= 15 is 0 Å². The topological polar surface area (TPSA) is 0 Å². The average molecular weight is 121 g/mol. The van der Waals surface area contributed by atoms with E-state index in [4.69, 9.17) is 11.6 Å². The lowest BCUT2D eigenvalue weighted by molar-refractivity contribution is 1.54. The molecule has 2 heteroatoms. The van der Waals surface area contributed by atoms with E-state index in [9.17, 15) is 0 Å². The van der Waals surface area contributed by atoms with Crippen molar-refractivity contribution in [2.24, 2.45) is 0 Å². The van der Waals surface area contributed by atoms with E-state index in [-0.39, 0.29) is 0 Å². The Morgan fingerprint density at radius 2 is 1.67 bits per heavy atom. The molecule has 0 amide bonds. The van der Waals surface area contributed by atoms with Crippen molar-refractivity contribution >= 4 is 21.8 Å². The molecule has 0 radical (unpaired) electrons. The Labute approximate surface area is 46.6 Å². The molecule has 0 unspecified atom stereocenters. The van der Waals surface area contributed by atoms with E-state index in [1.807, 2.05) is 6.92 Å². The SMILES string of the molecule is CC([SiH3])=C(C)Cl. The first-order chi connectivity index (χ1) is 2.64. The Morgan fingerprint density at radius 1 is 1.50 bits per heavy atom. The van der Waals surface area contributed by atoms with Gasteiger partial charge in [0.25, 0.3) is 0 Å². The van der Waals surface area contributed by atoms with Gasteiger partial charge in [-0.15, -0.1) is 0 Å². The molecule has 36 valence electrons. The molecular weight excluding hydrogens is 112 g/mol. The highest BCUT2D eigenvalue weighted by Crippen LogP contribution is 2.01. The van der Waals surface area contributed by atoms with Gasteiger partial charge in [0.2, 0.25) is 0 Å². The number of hydrogen-bond donors (Lipinski definition) is 0. The first kappa shape index (κ1) is 6.25. The Balaban J connectivity index is 3.68. The van der Waals surface area contributed by atoms with Crippen LogP contribution in [0.15, 0.2) is 10.2 Å². The molecule has 0 aliphatic heterocycles. The molecule has 0 bridgehead atoms. The van der Waals surface area contributed by atoms with Gasteiger partial charge in [0.1, 0.15) is 0 Å². The van der Waals surface area contributed by atoms with Crippen LogP contribution in [0.2, 0.25) is 0 Å². The van der Waals surface area contributed by atoms with Crippen LogP contribution in [0.5, 0.6) is 0 Å². The van der Waals surface area contributed by atoms with Gasteiger partial charge in [-0.05, 0) is 13.8 Å². The summed E-state index contributed by atoms with van der Waals surface area (Å²) < 4.78 is 0. The van der Waals surface area contributed by atoms with E-state index < -0.39 is 0 Å². The fourth-order valence-electron chi connectivity index (χ4n) is 0. The fourth-order valence-corrected chi connectivity index (χ4v) is 0. The van der Waals surface area contributed by atoms with Gasteiger partial charge in [0.15, 0.2) is 0 Å². The van der Waals surface area contributed by atoms with Gasteiger partial charge in [-0.1, -0.05) is 16.8 Å². The first-order valence-corrected chi connectivity index (χ1v) is 3.32. The second-order valence-electron chi connectivity index (χ2n) is 1.53. The molecule has 0 saturated heterocycles. The van der Waals surface area contributed by atoms with Gasteiger partial charge < -0.3 is 0 Å². The Hall–Kier alpha value is 0.247. The Kier molecular flexibility index (Phi) is 2.52. The van der Waals surface area contributed by atoms with Crippen molar-refractivity contribution in [2.75, 3.05) is 0 Å². The molecule has 0 saturated carbocycles. The van der Waals surface area contributed by atoms with Crippen molar-refractivity contribution in [3.05, 3.63) is 10.2 Å². The smallest absolute Gasteiger partial charge is 0.0344 e. The third-order valence-corrected chi connectivity index (χ3v) is 2.13. The molecule has 0 aromatic rings. The summed E-state index contributed by atoms with van der Waals surface area (Å²) >= 11 is 5.53. The minimum atomic E-state index is 0.960. The van der Waals surface area contributed by atoms with Gasteiger partial charge in [-0.2, -0.15) is 0 Å². The van der Waals surface area contributed by atoms with Crippen molar-refractivity contribution in [2.45, 2.75) is 13.8 Å². The summed E-state index contributed by atoms with van der Waals surface area (Å²) in [7, 11) is 1.10. The maximum Gasteiger partial charge on any atom is 0.0344 e.